The van der Waals surface area contributed by atoms with Crippen LogP contribution >= 0.6 is 11.3 Å². The number of hydrogen-bond donors (Lipinski definition) is 2. The van der Waals surface area contributed by atoms with E-state index in [4.69, 9.17) is 23.7 Å². The standard InChI is InChI=1S/C50H71N5O11S/c1-5-7-9-11-13-14-16-18-20-41(50(60)61)35-47(57)66-32-30-64-28-27-62-25-23-55(24-26-63-29-31-65-46(56)34-40(49(58)59)19-17-15-12-10-8-6-2)42-21-22-44(38(3)33-42)53-54-48-43(36-51)39(4)45(37-52)67-48/h15-18,21-22,33,40-41H,5-14,19-20,23-32,34-35H2,1-4H3,(H,58,59)(H,60,61)/b17-15+,18-16+,54-53+. The highest BCUT2D eigenvalue weighted by molar-refractivity contribution is 7.16. The first-order valence-corrected chi connectivity index (χ1v) is 24.3. The summed E-state index contributed by atoms with van der Waals surface area (Å²) in [7, 11) is 0. The van der Waals surface area contributed by atoms with Gasteiger partial charge in [-0.1, -0.05) is 76.7 Å². The molecule has 1 aromatic heterocycles. The Labute approximate surface area is 400 Å². The third-order valence-corrected chi connectivity index (χ3v) is 11.7. The highest BCUT2D eigenvalue weighted by Gasteiger charge is 2.22. The van der Waals surface area contributed by atoms with E-state index in [1.807, 2.05) is 49.4 Å². The normalized spacial score (nSPS) is 12.3. The monoisotopic (exact) mass is 949 g/mol. The van der Waals surface area contributed by atoms with Crippen molar-refractivity contribution in [3.05, 3.63) is 64.1 Å². The molecule has 2 aromatic rings. The topological polar surface area (TPSA) is 230 Å². The number of rotatable bonds is 38. The second-order valence-corrected chi connectivity index (χ2v) is 17.0. The number of nitrogens with zero attached hydrogens (tertiary/aromatic N) is 5. The summed E-state index contributed by atoms with van der Waals surface area (Å²) >= 11 is 1.11. The van der Waals surface area contributed by atoms with Gasteiger partial charge in [-0.15, -0.1) is 21.6 Å². The fourth-order valence-corrected chi connectivity index (χ4v) is 7.50. The van der Waals surface area contributed by atoms with E-state index in [9.17, 15) is 39.9 Å². The van der Waals surface area contributed by atoms with Gasteiger partial charge in [0.2, 0.25) is 0 Å². The van der Waals surface area contributed by atoms with Crippen LogP contribution in [0.25, 0.3) is 0 Å². The number of carbonyl (C=O) groups excluding carboxylic acids is 2. The lowest BCUT2D eigenvalue weighted by Gasteiger charge is -2.25. The van der Waals surface area contributed by atoms with Crippen molar-refractivity contribution in [2.24, 2.45) is 22.1 Å². The number of allylic oxidation sites excluding steroid dienone is 4. The number of carboxylic acid groups (broad SMARTS) is 2. The van der Waals surface area contributed by atoms with Gasteiger partial charge in [0.15, 0.2) is 5.00 Å². The first-order chi connectivity index (χ1) is 32.4. The summed E-state index contributed by atoms with van der Waals surface area (Å²) in [6.45, 7) is 10.1. The number of aryl methyl sites for hydroxylation is 1. The third kappa shape index (κ3) is 24.8. The minimum absolute atomic E-state index is 0.00623. The molecule has 0 saturated carbocycles. The van der Waals surface area contributed by atoms with Crippen molar-refractivity contribution in [2.45, 2.75) is 118 Å². The van der Waals surface area contributed by atoms with Gasteiger partial charge >= 0.3 is 23.9 Å². The molecule has 2 atom stereocenters. The number of carboxylic acids is 2. The van der Waals surface area contributed by atoms with Gasteiger partial charge in [-0.3, -0.25) is 19.2 Å². The molecule has 0 spiro atoms. The first kappa shape index (κ1) is 57.7. The molecule has 0 radical (unpaired) electrons. The van der Waals surface area contributed by atoms with Crippen LogP contribution in [-0.4, -0.2) is 100 Å². The summed E-state index contributed by atoms with van der Waals surface area (Å²) in [5, 5.41) is 47.2. The molecular formula is C50H71N5O11S. The maximum atomic E-state index is 12.4. The quantitative estimate of drug-likeness (QED) is 0.0276. The number of esters is 2. The van der Waals surface area contributed by atoms with Crippen LogP contribution in [0.15, 0.2) is 52.7 Å². The Morgan fingerprint density at radius 3 is 1.70 bits per heavy atom. The number of azo groups is 1. The van der Waals surface area contributed by atoms with Crippen molar-refractivity contribution in [3.63, 3.8) is 0 Å². The Bertz CT molecular complexity index is 1970. The minimum Gasteiger partial charge on any atom is -0.481 e. The molecule has 0 amide bonds. The van der Waals surface area contributed by atoms with E-state index in [-0.39, 0.29) is 71.9 Å². The van der Waals surface area contributed by atoms with Crippen molar-refractivity contribution in [1.82, 2.24) is 0 Å². The van der Waals surface area contributed by atoms with Crippen molar-refractivity contribution in [3.8, 4) is 12.1 Å². The zero-order valence-corrected chi connectivity index (χ0v) is 40.7. The summed E-state index contributed by atoms with van der Waals surface area (Å²) in [6.07, 6.45) is 18.6. The average Bonchev–Trinajstić information content (AvgIpc) is 3.62. The first-order valence-electron chi connectivity index (χ1n) is 23.5. The van der Waals surface area contributed by atoms with Crippen LogP contribution in [0.2, 0.25) is 0 Å². The van der Waals surface area contributed by atoms with Crippen LogP contribution in [-0.2, 0) is 42.9 Å². The highest BCUT2D eigenvalue weighted by Crippen LogP contribution is 2.36. The summed E-state index contributed by atoms with van der Waals surface area (Å²) in [4.78, 5) is 50.6. The molecule has 67 heavy (non-hydrogen) atoms. The van der Waals surface area contributed by atoms with E-state index >= 15 is 0 Å². The van der Waals surface area contributed by atoms with Gasteiger partial charge in [-0.2, -0.15) is 10.5 Å². The maximum absolute atomic E-state index is 12.4. The number of thiophene rings is 1. The van der Waals surface area contributed by atoms with E-state index in [1.165, 1.54) is 19.3 Å². The maximum Gasteiger partial charge on any atom is 0.307 e. The van der Waals surface area contributed by atoms with Crippen molar-refractivity contribution >= 4 is 51.6 Å². The number of nitriles is 2. The Morgan fingerprint density at radius 1 is 0.687 bits per heavy atom. The van der Waals surface area contributed by atoms with Gasteiger partial charge < -0.3 is 38.8 Å². The highest BCUT2D eigenvalue weighted by atomic mass is 32.1. The molecule has 0 aliphatic heterocycles. The van der Waals surface area contributed by atoms with Crippen molar-refractivity contribution < 1.29 is 53.1 Å². The molecule has 0 bridgehead atoms. The molecule has 1 heterocycles. The number of aliphatic carboxylic acids is 2. The van der Waals surface area contributed by atoms with Crippen molar-refractivity contribution in [2.75, 3.05) is 70.8 Å². The van der Waals surface area contributed by atoms with Gasteiger partial charge in [0.05, 0.1) is 75.6 Å². The van der Waals surface area contributed by atoms with Crippen LogP contribution < -0.4 is 4.90 Å². The van der Waals surface area contributed by atoms with Gasteiger partial charge in [0, 0.05) is 18.8 Å². The molecule has 0 fully saturated rings. The van der Waals surface area contributed by atoms with Crippen LogP contribution in [0, 0.1) is 48.3 Å². The molecule has 368 valence electrons. The largest absolute Gasteiger partial charge is 0.481 e. The smallest absolute Gasteiger partial charge is 0.307 e. The van der Waals surface area contributed by atoms with Gasteiger partial charge in [0.1, 0.15) is 30.2 Å². The fraction of sp³-hybridized carbons (Fsp3) is 0.600. The van der Waals surface area contributed by atoms with Crippen LogP contribution in [0.5, 0.6) is 0 Å². The molecule has 0 aliphatic carbocycles. The predicted molar refractivity (Wildman–Crippen MR) is 257 cm³/mol. The molecule has 16 nitrogen and oxygen atoms in total. The molecule has 17 heteroatoms. The molecular weight excluding hydrogens is 879 g/mol. The van der Waals surface area contributed by atoms with Crippen LogP contribution in [0.4, 0.5) is 16.4 Å². The molecule has 2 unspecified atom stereocenters. The lowest BCUT2D eigenvalue weighted by molar-refractivity contribution is -0.152. The lowest BCUT2D eigenvalue weighted by Crippen LogP contribution is -2.31. The third-order valence-electron chi connectivity index (χ3n) is 10.6. The van der Waals surface area contributed by atoms with E-state index in [2.05, 4.69) is 41.1 Å². The van der Waals surface area contributed by atoms with E-state index < -0.39 is 35.7 Å². The fourth-order valence-electron chi connectivity index (χ4n) is 6.62. The van der Waals surface area contributed by atoms with Crippen LogP contribution in [0.3, 0.4) is 0 Å². The Balaban J connectivity index is 1.88. The number of unbranched alkanes of at least 4 members (excludes halogenated alkanes) is 8. The average molecular weight is 950 g/mol. The SMILES string of the molecule is CCCCC/C=C/CC(CC(=O)OCCOCCN(CCOCCOCCOC(=O)CC(C/C=C/CCCCCCC)C(=O)O)c1ccc(/N=N/c2sc(C#N)c(C)c2C#N)c(C)c1)C(=O)O. The Kier molecular flexibility index (Phi) is 30.7. The molecule has 0 saturated heterocycles. The number of anilines is 1. The zero-order valence-electron chi connectivity index (χ0n) is 39.9. The number of benzene rings is 1. The number of ether oxygens (including phenoxy) is 5. The van der Waals surface area contributed by atoms with E-state index in [0.29, 0.717) is 46.4 Å². The number of hydrogen-bond acceptors (Lipinski definition) is 15. The van der Waals surface area contributed by atoms with Gasteiger partial charge in [-0.05, 0) is 81.7 Å². The van der Waals surface area contributed by atoms with E-state index in [1.54, 1.807) is 6.92 Å². The van der Waals surface area contributed by atoms with Gasteiger partial charge in [-0.25, -0.2) is 0 Å². The summed E-state index contributed by atoms with van der Waals surface area (Å²) < 4.78 is 27.7. The minimum atomic E-state index is -1.04. The Hall–Kier alpha value is -5.46. The van der Waals surface area contributed by atoms with Crippen molar-refractivity contribution in [1.29, 1.82) is 10.5 Å². The molecule has 0 aliphatic rings. The second-order valence-electron chi connectivity index (χ2n) is 16.0. The van der Waals surface area contributed by atoms with Gasteiger partial charge in [0.25, 0.3) is 0 Å². The second kappa shape index (κ2) is 35.7. The zero-order chi connectivity index (χ0) is 49.1. The Morgan fingerprint density at radius 2 is 1.19 bits per heavy atom. The molecule has 2 N–H and O–H groups in total. The number of carbonyl (C=O) groups is 4. The van der Waals surface area contributed by atoms with E-state index in [0.717, 1.165) is 67.5 Å². The molecule has 1 aromatic carbocycles. The summed E-state index contributed by atoms with van der Waals surface area (Å²) in [6, 6.07) is 9.82. The predicted octanol–water partition coefficient (Wildman–Crippen LogP) is 10.5. The molecule has 2 rings (SSSR count). The summed E-state index contributed by atoms with van der Waals surface area (Å²) in [5.74, 6) is -4.96. The van der Waals surface area contributed by atoms with Crippen LogP contribution in [0.1, 0.15) is 125 Å². The summed E-state index contributed by atoms with van der Waals surface area (Å²) in [5.41, 5.74) is 3.15. The lowest BCUT2D eigenvalue weighted by atomic mass is 10.0.